The van der Waals surface area contributed by atoms with Crippen LogP contribution in [0, 0.1) is 5.92 Å². The second kappa shape index (κ2) is 29.8. The summed E-state index contributed by atoms with van der Waals surface area (Å²) in [5.74, 6) is -3.67. The number of benzene rings is 2. The molecule has 8 rings (SSSR count). The van der Waals surface area contributed by atoms with Crippen LogP contribution in [-0.2, 0) is 57.3 Å². The van der Waals surface area contributed by atoms with Crippen molar-refractivity contribution in [2.45, 2.75) is 157 Å². The Morgan fingerprint density at radius 2 is 1.15 bits per heavy atom. The molecular weight excluding hydrogens is 1100 g/mol. The van der Waals surface area contributed by atoms with Crippen LogP contribution >= 0.6 is 0 Å². The van der Waals surface area contributed by atoms with E-state index in [1.54, 1.807) is 55.5 Å². The first-order valence-corrected chi connectivity index (χ1v) is 29.9. The summed E-state index contributed by atoms with van der Waals surface area (Å²) in [4.78, 5) is 116. The van der Waals surface area contributed by atoms with Crippen molar-refractivity contribution in [3.05, 3.63) is 71.3 Å². The molecule has 0 aromatic heterocycles. The predicted octanol–water partition coefficient (Wildman–Crippen LogP) is 1.01. The lowest BCUT2D eigenvalue weighted by molar-refractivity contribution is -0.137. The van der Waals surface area contributed by atoms with Crippen molar-refractivity contribution >= 4 is 47.0 Å². The maximum atomic E-state index is 14.9. The molecule has 5 fully saturated rings. The number of nitrogens with one attached hydrogen (secondary N) is 6. The molecule has 24 nitrogen and oxygen atoms in total. The molecule has 24 heteroatoms. The fourth-order valence-electron chi connectivity index (χ4n) is 11.7. The van der Waals surface area contributed by atoms with Gasteiger partial charge in [0.25, 0.3) is 0 Å². The van der Waals surface area contributed by atoms with Crippen molar-refractivity contribution in [2.24, 2.45) is 5.92 Å². The van der Waals surface area contributed by atoms with E-state index >= 15 is 0 Å². The Labute approximate surface area is 496 Å². The van der Waals surface area contributed by atoms with E-state index in [0.29, 0.717) is 44.3 Å². The molecule has 466 valence electrons. The third kappa shape index (κ3) is 17.9. The largest absolute Gasteiger partial charge is 0.497 e. The van der Waals surface area contributed by atoms with Crippen molar-refractivity contribution in [3.8, 4) is 11.5 Å². The van der Waals surface area contributed by atoms with E-state index in [1.807, 2.05) is 9.80 Å². The fourth-order valence-corrected chi connectivity index (χ4v) is 11.7. The quantitative estimate of drug-likeness (QED) is 0.0400. The third-order valence-corrected chi connectivity index (χ3v) is 17.1. The average Bonchev–Trinajstić information content (AvgIpc) is 4.61. The maximum Gasteiger partial charge on any atom is 0.246 e. The Balaban J connectivity index is 0.897. The molecule has 1 saturated carbocycles. The molecule has 11 atom stereocenters. The number of nitrogens with zero attached hydrogens (tertiary/aromatic N) is 2. The highest BCUT2D eigenvalue weighted by Gasteiger charge is 2.56. The monoisotopic (exact) mass is 1190 g/mol. The van der Waals surface area contributed by atoms with Crippen molar-refractivity contribution in [1.82, 2.24) is 41.7 Å². The van der Waals surface area contributed by atoms with Gasteiger partial charge in [-0.25, -0.2) is 0 Å². The number of allylic oxidation sites excluding steroid dienone is 1. The highest BCUT2D eigenvalue weighted by molar-refractivity contribution is 6.00. The Morgan fingerprint density at radius 1 is 0.635 bits per heavy atom. The molecule has 4 aliphatic heterocycles. The smallest absolute Gasteiger partial charge is 0.246 e. The van der Waals surface area contributed by atoms with Gasteiger partial charge in [-0.2, -0.15) is 0 Å². The van der Waals surface area contributed by atoms with Crippen molar-refractivity contribution in [3.63, 3.8) is 0 Å². The normalized spacial score (nSPS) is 24.5. The van der Waals surface area contributed by atoms with Gasteiger partial charge in [-0.15, -0.1) is 0 Å². The number of aliphatic hydroxyl groups excluding tert-OH is 2. The summed E-state index contributed by atoms with van der Waals surface area (Å²) in [7, 11) is 2.98. The lowest BCUT2D eigenvalue weighted by Gasteiger charge is -2.34. The molecule has 0 bridgehead atoms. The summed E-state index contributed by atoms with van der Waals surface area (Å²) in [6.07, 6.45) is 6.15. The summed E-state index contributed by atoms with van der Waals surface area (Å²) in [6, 6.07) is 5.08. The van der Waals surface area contributed by atoms with Crippen LogP contribution in [0.4, 0.5) is 0 Å². The molecule has 85 heavy (non-hydrogen) atoms. The summed E-state index contributed by atoms with van der Waals surface area (Å²) in [5.41, 5.74) is -0.817. The maximum absolute atomic E-state index is 14.9. The SMILES string of the molecule is COc1ccc(C(O)C(NC(=O)C(C)NC(=O)CN2CCOC(CC3(C(=O)C(CC4CCCC4)NC(=O)C(NC(=O)C(C)NC(=O)CN4CCOCC4)C(O)c4ccc(OC)cc4)CO3)C2)C(=O)NC(CC2=CCCCC2)C(=O)C2(C)CO2)cc1. The molecule has 6 amide bonds. The van der Waals surface area contributed by atoms with E-state index in [9.17, 15) is 48.6 Å². The van der Waals surface area contributed by atoms with Crippen molar-refractivity contribution in [2.75, 3.05) is 86.5 Å². The number of carbonyl (C=O) groups excluding carboxylic acids is 8. The number of methoxy groups -OCH3 is 2. The van der Waals surface area contributed by atoms with E-state index in [-0.39, 0.29) is 81.5 Å². The standard InChI is InChI=1S/C61H86N8O16/c1-37(62-48(70)33-68-23-26-82-27-24-68)56(76)67-51(53(73)42-17-21-44(81-5)22-18-42)59(79)65-47(30-40-13-9-10-14-40)55(75)61(36-85-61)31-45-32-69(25-28-83-45)34-49(71)63-38(2)57(77)66-50(52(72)41-15-19-43(80-4)20-16-41)58(78)64-46(54(74)60(3)35-84-60)29-39-11-7-6-8-12-39/h11,15-22,37-38,40,45-47,50-53,72-73H,6-10,12-14,23-36H2,1-5H3,(H,62,70)(H,63,71)(H,64,78)(H,65,79)(H,66,77)(H,67,76). The average molecular weight is 1190 g/mol. The van der Waals surface area contributed by atoms with Gasteiger partial charge < -0.3 is 70.5 Å². The van der Waals surface area contributed by atoms with E-state index in [2.05, 4.69) is 38.0 Å². The van der Waals surface area contributed by atoms with Gasteiger partial charge in [-0.05, 0) is 101 Å². The summed E-state index contributed by atoms with van der Waals surface area (Å²) in [5, 5.41) is 40.0. The van der Waals surface area contributed by atoms with Gasteiger partial charge >= 0.3 is 0 Å². The van der Waals surface area contributed by atoms with Gasteiger partial charge in [0, 0.05) is 32.6 Å². The van der Waals surface area contributed by atoms with E-state index in [1.165, 1.54) is 28.1 Å². The molecule has 2 aliphatic carbocycles. The molecule has 4 heterocycles. The number of amides is 6. The number of epoxide rings is 2. The van der Waals surface area contributed by atoms with Crippen LogP contribution in [0.3, 0.4) is 0 Å². The summed E-state index contributed by atoms with van der Waals surface area (Å²) < 4.78 is 33.6. The molecule has 11 unspecified atom stereocenters. The zero-order valence-electron chi connectivity index (χ0n) is 49.5. The first-order chi connectivity index (χ1) is 40.8. The van der Waals surface area contributed by atoms with Crippen LogP contribution in [0.1, 0.15) is 115 Å². The number of ether oxygens (including phenoxy) is 6. The second-order valence-corrected chi connectivity index (χ2v) is 23.7. The van der Waals surface area contributed by atoms with E-state index in [4.69, 9.17) is 28.4 Å². The number of hydrogen-bond donors (Lipinski definition) is 8. The molecule has 8 N–H and O–H groups in total. The topological polar surface area (TPSA) is 318 Å². The van der Waals surface area contributed by atoms with Gasteiger partial charge in [0.2, 0.25) is 35.4 Å². The molecule has 2 aromatic rings. The molecule has 0 spiro atoms. The minimum absolute atomic E-state index is 0.0422. The highest BCUT2D eigenvalue weighted by Crippen LogP contribution is 2.39. The van der Waals surface area contributed by atoms with Gasteiger partial charge in [0.15, 0.2) is 17.2 Å². The Bertz CT molecular complexity index is 2690. The lowest BCUT2D eigenvalue weighted by atomic mass is 9.86. The Kier molecular flexibility index (Phi) is 22.7. The second-order valence-electron chi connectivity index (χ2n) is 23.7. The van der Waals surface area contributed by atoms with Gasteiger partial charge in [0.1, 0.15) is 53.5 Å². The minimum atomic E-state index is -1.61. The summed E-state index contributed by atoms with van der Waals surface area (Å²) in [6.45, 7) is 7.53. The van der Waals surface area contributed by atoms with Gasteiger partial charge in [-0.3, -0.25) is 48.2 Å². The highest BCUT2D eigenvalue weighted by atomic mass is 16.6. The molecular formula is C61H86N8O16. The lowest BCUT2D eigenvalue weighted by Crippen LogP contribution is -2.59. The van der Waals surface area contributed by atoms with Crippen LogP contribution in [-0.4, -0.2) is 207 Å². The predicted molar refractivity (Wildman–Crippen MR) is 308 cm³/mol. The summed E-state index contributed by atoms with van der Waals surface area (Å²) >= 11 is 0. The minimum Gasteiger partial charge on any atom is -0.497 e. The molecule has 6 aliphatic rings. The van der Waals surface area contributed by atoms with Crippen LogP contribution in [0.15, 0.2) is 60.2 Å². The van der Waals surface area contributed by atoms with Crippen LogP contribution < -0.4 is 41.4 Å². The number of aliphatic hydroxyl groups is 2. The first-order valence-electron chi connectivity index (χ1n) is 29.9. The number of rotatable bonds is 30. The number of carbonyl (C=O) groups is 8. The van der Waals surface area contributed by atoms with Crippen molar-refractivity contribution in [1.29, 1.82) is 0 Å². The Morgan fingerprint density at radius 3 is 1.65 bits per heavy atom. The van der Waals surface area contributed by atoms with Gasteiger partial charge in [-0.1, -0.05) is 61.6 Å². The van der Waals surface area contributed by atoms with Crippen molar-refractivity contribution < 1.29 is 77.0 Å². The number of Topliss-reactive ketones (excluding diaryl/α,β-unsaturated/α-hetero) is 2. The fraction of sp³-hybridized carbons (Fsp3) is 0.639. The first kappa shape index (κ1) is 64.6. The number of morpholine rings is 2. The van der Waals surface area contributed by atoms with Crippen LogP contribution in [0.5, 0.6) is 11.5 Å². The molecule has 4 saturated heterocycles. The van der Waals surface area contributed by atoms with Gasteiger partial charge in [0.05, 0.1) is 78.5 Å². The molecule has 0 radical (unpaired) electrons. The van der Waals surface area contributed by atoms with Crippen LogP contribution in [0.25, 0.3) is 0 Å². The number of ketones is 2. The van der Waals surface area contributed by atoms with E-state index < -0.39 is 107 Å². The van der Waals surface area contributed by atoms with Crippen LogP contribution in [0.2, 0.25) is 0 Å². The molecule has 2 aromatic carbocycles. The zero-order chi connectivity index (χ0) is 60.8. The zero-order valence-corrected chi connectivity index (χ0v) is 49.5. The Hall–Kier alpha value is -6.38. The van der Waals surface area contributed by atoms with E-state index in [0.717, 1.165) is 56.9 Å². The number of hydrogen-bond acceptors (Lipinski definition) is 18. The third-order valence-electron chi connectivity index (χ3n) is 17.1.